The van der Waals surface area contributed by atoms with Crippen LogP contribution in [0.5, 0.6) is 0 Å². The van der Waals surface area contributed by atoms with Crippen molar-refractivity contribution in [2.45, 2.75) is 32.2 Å². The van der Waals surface area contributed by atoms with E-state index in [1.165, 1.54) is 11.1 Å². The number of likely N-dealkylation sites (N-methyl/N-ethyl adjacent to an activating group) is 1. The van der Waals surface area contributed by atoms with E-state index in [0.717, 1.165) is 37.3 Å². The highest BCUT2D eigenvalue weighted by atomic mass is 35.5. The van der Waals surface area contributed by atoms with Crippen molar-refractivity contribution in [2.75, 3.05) is 25.5 Å². The highest BCUT2D eigenvalue weighted by Crippen LogP contribution is 2.22. The van der Waals surface area contributed by atoms with Gasteiger partial charge in [-0.3, -0.25) is 9.59 Å². The van der Waals surface area contributed by atoms with Crippen molar-refractivity contribution < 1.29 is 14.0 Å². The summed E-state index contributed by atoms with van der Waals surface area (Å²) in [5.74, 6) is 0.334. The van der Waals surface area contributed by atoms with E-state index in [4.69, 9.17) is 16.0 Å². The van der Waals surface area contributed by atoms with Gasteiger partial charge in [0.05, 0.1) is 21.8 Å². The largest absolute Gasteiger partial charge is 0.446 e. The maximum atomic E-state index is 13.2. The van der Waals surface area contributed by atoms with Crippen molar-refractivity contribution in [1.29, 1.82) is 0 Å². The number of carbonyl (C=O) groups is 2. The number of aryl methyl sites for hydroxylation is 1. The zero-order valence-electron chi connectivity index (χ0n) is 18.0. The molecule has 0 unspecified atom stereocenters. The van der Waals surface area contributed by atoms with Crippen molar-refractivity contribution >= 4 is 40.4 Å². The molecular weight excluding hydrogens is 448 g/mol. The average Bonchev–Trinajstić information content (AvgIpc) is 3.33. The topological polar surface area (TPSA) is 87.5 Å². The lowest BCUT2D eigenvalue weighted by atomic mass is 10.0. The molecule has 4 rings (SSSR count). The van der Waals surface area contributed by atoms with Crippen LogP contribution in [0.1, 0.15) is 32.4 Å². The van der Waals surface area contributed by atoms with Gasteiger partial charge < -0.3 is 20.0 Å². The average molecular weight is 473 g/mol. The summed E-state index contributed by atoms with van der Waals surface area (Å²) in [6.45, 7) is 3.79. The Bertz CT molecular complexity index is 1130. The standard InChI is InChI=1S/C23H25ClN4O3S/c1-14-13-25-21(31-14)12-18(27-23(30)19-5-6-20(24)32-19)22(29)26-17-4-3-15-7-9-28(2)10-8-16(15)11-17/h3-6,11,13,18H,7-10,12H2,1-2H3,(H,26,29)(H,27,30)/t18-/m1/s1. The van der Waals surface area contributed by atoms with E-state index in [-0.39, 0.29) is 18.2 Å². The predicted octanol–water partition coefficient (Wildman–Crippen LogP) is 3.71. The number of anilines is 1. The molecule has 168 valence electrons. The normalized spacial score (nSPS) is 15.0. The molecule has 0 aliphatic carbocycles. The molecular formula is C23H25ClN4O3S. The molecule has 3 heterocycles. The Morgan fingerprint density at radius 1 is 1.22 bits per heavy atom. The van der Waals surface area contributed by atoms with Crippen LogP contribution in [-0.4, -0.2) is 47.9 Å². The van der Waals surface area contributed by atoms with Crippen molar-refractivity contribution in [3.05, 3.63) is 68.5 Å². The minimum absolute atomic E-state index is 0.139. The van der Waals surface area contributed by atoms with Gasteiger partial charge in [-0.05, 0) is 62.2 Å². The number of thiophene rings is 1. The summed E-state index contributed by atoms with van der Waals surface area (Å²) in [6.07, 6.45) is 3.66. The van der Waals surface area contributed by atoms with Crippen molar-refractivity contribution in [1.82, 2.24) is 15.2 Å². The molecule has 1 aliphatic heterocycles. The number of nitrogens with zero attached hydrogens (tertiary/aromatic N) is 2. The quantitative estimate of drug-likeness (QED) is 0.571. The predicted molar refractivity (Wildman–Crippen MR) is 126 cm³/mol. The highest BCUT2D eigenvalue weighted by Gasteiger charge is 2.25. The van der Waals surface area contributed by atoms with Gasteiger partial charge in [-0.2, -0.15) is 0 Å². The summed E-state index contributed by atoms with van der Waals surface area (Å²) in [6, 6.07) is 8.44. The fraction of sp³-hybridized carbons (Fsp3) is 0.348. The van der Waals surface area contributed by atoms with Crippen molar-refractivity contribution in [3.8, 4) is 0 Å². The molecule has 0 saturated carbocycles. The summed E-state index contributed by atoms with van der Waals surface area (Å²) >= 11 is 7.11. The van der Waals surface area contributed by atoms with Crippen LogP contribution < -0.4 is 10.6 Å². The first kappa shape index (κ1) is 22.5. The smallest absolute Gasteiger partial charge is 0.262 e. The molecule has 0 fully saturated rings. The lowest BCUT2D eigenvalue weighted by Gasteiger charge is -2.18. The van der Waals surface area contributed by atoms with Crippen LogP contribution in [0.15, 0.2) is 40.9 Å². The molecule has 2 N–H and O–H groups in total. The Morgan fingerprint density at radius 2 is 2.00 bits per heavy atom. The second kappa shape index (κ2) is 9.85. The summed E-state index contributed by atoms with van der Waals surface area (Å²) < 4.78 is 6.05. The molecule has 2 amide bonds. The summed E-state index contributed by atoms with van der Waals surface area (Å²) in [5.41, 5.74) is 3.26. The molecule has 1 aliphatic rings. The Morgan fingerprint density at radius 3 is 2.69 bits per heavy atom. The van der Waals surface area contributed by atoms with Gasteiger partial charge in [-0.1, -0.05) is 17.7 Å². The van der Waals surface area contributed by atoms with E-state index >= 15 is 0 Å². The molecule has 9 heteroatoms. The summed E-state index contributed by atoms with van der Waals surface area (Å²) in [7, 11) is 2.12. The van der Waals surface area contributed by atoms with E-state index in [2.05, 4.69) is 33.6 Å². The van der Waals surface area contributed by atoms with Crippen LogP contribution in [0.4, 0.5) is 5.69 Å². The van der Waals surface area contributed by atoms with Gasteiger partial charge >= 0.3 is 0 Å². The maximum absolute atomic E-state index is 13.2. The molecule has 32 heavy (non-hydrogen) atoms. The molecule has 3 aromatic rings. The van der Waals surface area contributed by atoms with Crippen LogP contribution in [0.3, 0.4) is 0 Å². The number of fused-ring (bicyclic) bond motifs is 1. The number of nitrogens with one attached hydrogen (secondary N) is 2. The SMILES string of the molecule is Cc1cnc(C[C@@H](NC(=O)c2ccc(Cl)s2)C(=O)Nc2ccc3c(c2)CCN(C)CC3)o1. The fourth-order valence-electron chi connectivity index (χ4n) is 3.69. The number of rotatable bonds is 6. The first-order valence-corrected chi connectivity index (χ1v) is 11.7. The van der Waals surface area contributed by atoms with Crippen molar-refractivity contribution in [3.63, 3.8) is 0 Å². The number of carbonyl (C=O) groups excluding carboxylic acids is 2. The van der Waals surface area contributed by atoms with Crippen LogP contribution in [0.2, 0.25) is 4.34 Å². The van der Waals surface area contributed by atoms with Gasteiger partial charge in [0.2, 0.25) is 5.91 Å². The fourth-order valence-corrected chi connectivity index (χ4v) is 4.64. The molecule has 0 spiro atoms. The molecule has 0 bridgehead atoms. The first-order chi connectivity index (χ1) is 15.4. The van der Waals surface area contributed by atoms with Gasteiger partial charge in [0, 0.05) is 18.8 Å². The number of aromatic nitrogens is 1. The third-order valence-corrected chi connectivity index (χ3v) is 6.70. The van der Waals surface area contributed by atoms with Crippen molar-refractivity contribution in [2.24, 2.45) is 0 Å². The number of oxazole rings is 1. The van der Waals surface area contributed by atoms with Crippen LogP contribution in [0.25, 0.3) is 0 Å². The van der Waals surface area contributed by atoms with Gasteiger partial charge in [-0.15, -0.1) is 11.3 Å². The Labute approximate surface area is 195 Å². The van der Waals surface area contributed by atoms with E-state index in [9.17, 15) is 9.59 Å². The molecule has 7 nitrogen and oxygen atoms in total. The van der Waals surface area contributed by atoms with E-state index in [1.54, 1.807) is 25.3 Å². The third kappa shape index (κ3) is 5.56. The number of amides is 2. The number of hydrogen-bond donors (Lipinski definition) is 2. The number of halogens is 1. The minimum Gasteiger partial charge on any atom is -0.446 e. The van der Waals surface area contributed by atoms with Crippen LogP contribution in [0, 0.1) is 6.92 Å². The Balaban J connectivity index is 1.51. The van der Waals surface area contributed by atoms with Gasteiger partial charge in [0.15, 0.2) is 5.89 Å². The second-order valence-corrected chi connectivity index (χ2v) is 9.69. The lowest BCUT2D eigenvalue weighted by molar-refractivity contribution is -0.118. The van der Waals surface area contributed by atoms with Gasteiger partial charge in [0.25, 0.3) is 5.91 Å². The van der Waals surface area contributed by atoms with Crippen LogP contribution >= 0.6 is 22.9 Å². The second-order valence-electron chi connectivity index (χ2n) is 7.97. The molecule has 1 atom stereocenters. The highest BCUT2D eigenvalue weighted by molar-refractivity contribution is 7.18. The molecule has 0 saturated heterocycles. The monoisotopic (exact) mass is 472 g/mol. The zero-order chi connectivity index (χ0) is 22.7. The number of hydrogen-bond acceptors (Lipinski definition) is 6. The summed E-state index contributed by atoms with van der Waals surface area (Å²) in [4.78, 5) is 32.8. The Kier molecular flexibility index (Phi) is 6.93. The zero-order valence-corrected chi connectivity index (χ0v) is 19.6. The van der Waals surface area contributed by atoms with E-state index < -0.39 is 6.04 Å². The molecule has 0 radical (unpaired) electrons. The van der Waals surface area contributed by atoms with E-state index in [1.807, 2.05) is 12.1 Å². The van der Waals surface area contributed by atoms with Gasteiger partial charge in [-0.25, -0.2) is 4.98 Å². The van der Waals surface area contributed by atoms with E-state index in [0.29, 0.717) is 26.6 Å². The molecule has 1 aromatic carbocycles. The molecule has 2 aromatic heterocycles. The third-order valence-electron chi connectivity index (χ3n) is 5.47. The first-order valence-electron chi connectivity index (χ1n) is 10.5. The lowest BCUT2D eigenvalue weighted by Crippen LogP contribution is -2.45. The minimum atomic E-state index is -0.855. The maximum Gasteiger partial charge on any atom is 0.262 e. The van der Waals surface area contributed by atoms with Crippen LogP contribution in [-0.2, 0) is 24.1 Å². The summed E-state index contributed by atoms with van der Waals surface area (Å²) in [5, 5.41) is 5.75. The Hall–Kier alpha value is -2.68. The van der Waals surface area contributed by atoms with Gasteiger partial charge in [0.1, 0.15) is 11.8 Å². The number of benzene rings is 1.